The van der Waals surface area contributed by atoms with Gasteiger partial charge in [-0.15, -0.1) is 11.3 Å². The van der Waals surface area contributed by atoms with Crippen LogP contribution in [0.1, 0.15) is 24.0 Å². The summed E-state index contributed by atoms with van der Waals surface area (Å²) < 4.78 is 0. The molecular weight excluding hydrogens is 230 g/mol. The molecule has 0 atom stereocenters. The van der Waals surface area contributed by atoms with Gasteiger partial charge in [0.05, 0.1) is 5.69 Å². The minimum atomic E-state index is 0.843. The van der Waals surface area contributed by atoms with Crippen LogP contribution in [-0.2, 0) is 6.54 Å². The normalized spacial score (nSPS) is 10.8. The van der Waals surface area contributed by atoms with Crippen molar-refractivity contribution >= 4 is 11.3 Å². The highest BCUT2D eigenvalue weighted by Crippen LogP contribution is 2.24. The van der Waals surface area contributed by atoms with E-state index in [4.69, 9.17) is 0 Å². The summed E-state index contributed by atoms with van der Waals surface area (Å²) in [5.41, 5.74) is 4.37. The van der Waals surface area contributed by atoms with Gasteiger partial charge >= 0.3 is 0 Å². The number of hydrogen-bond acceptors (Lipinski definition) is 4. The third-order valence-electron chi connectivity index (χ3n) is 2.44. The predicted molar refractivity (Wildman–Crippen MR) is 72.2 cm³/mol. The molecule has 0 saturated carbocycles. The van der Waals surface area contributed by atoms with Crippen molar-refractivity contribution in [2.24, 2.45) is 0 Å². The van der Waals surface area contributed by atoms with Crippen molar-refractivity contribution in [3.05, 3.63) is 34.6 Å². The maximum Gasteiger partial charge on any atom is 0.123 e. The average Bonchev–Trinajstić information content (AvgIpc) is 2.73. The van der Waals surface area contributed by atoms with Gasteiger partial charge in [0, 0.05) is 28.9 Å². The molecule has 0 aromatic carbocycles. The molecule has 0 aliphatic heterocycles. The van der Waals surface area contributed by atoms with E-state index in [2.05, 4.69) is 39.7 Å². The van der Waals surface area contributed by atoms with Crippen LogP contribution in [-0.4, -0.2) is 16.5 Å². The predicted octanol–water partition coefficient (Wildman–Crippen LogP) is 2.93. The number of aryl methyl sites for hydroxylation is 2. The van der Waals surface area contributed by atoms with E-state index < -0.39 is 0 Å². The largest absolute Gasteiger partial charge is 0.311 e. The van der Waals surface area contributed by atoms with Crippen LogP contribution in [0.3, 0.4) is 0 Å². The van der Waals surface area contributed by atoms with Crippen molar-refractivity contribution in [3.8, 4) is 10.6 Å². The van der Waals surface area contributed by atoms with Gasteiger partial charge in [0.2, 0.25) is 0 Å². The summed E-state index contributed by atoms with van der Waals surface area (Å²) >= 11 is 1.69. The Hall–Kier alpha value is -1.26. The topological polar surface area (TPSA) is 37.8 Å². The van der Waals surface area contributed by atoms with Crippen LogP contribution in [0.25, 0.3) is 10.6 Å². The first-order chi connectivity index (χ1) is 8.19. The summed E-state index contributed by atoms with van der Waals surface area (Å²) in [6, 6.07) is 4.17. The summed E-state index contributed by atoms with van der Waals surface area (Å²) in [6.45, 7) is 7.95. The zero-order valence-corrected chi connectivity index (χ0v) is 11.3. The molecule has 2 aromatic rings. The van der Waals surface area contributed by atoms with Crippen molar-refractivity contribution in [1.29, 1.82) is 0 Å². The Morgan fingerprint density at radius 2 is 1.88 bits per heavy atom. The SMILES string of the molecule is CCNCc1csc(-c2cc(C)nc(C)c2)n1. The van der Waals surface area contributed by atoms with Crippen LogP contribution >= 0.6 is 11.3 Å². The maximum atomic E-state index is 4.63. The van der Waals surface area contributed by atoms with Crippen molar-refractivity contribution in [2.45, 2.75) is 27.3 Å². The fraction of sp³-hybridized carbons (Fsp3) is 0.385. The molecule has 90 valence electrons. The van der Waals surface area contributed by atoms with E-state index in [1.165, 1.54) is 5.56 Å². The highest BCUT2D eigenvalue weighted by atomic mass is 32.1. The molecule has 0 fully saturated rings. The number of nitrogens with one attached hydrogen (secondary N) is 1. The van der Waals surface area contributed by atoms with Crippen LogP contribution in [0.15, 0.2) is 17.5 Å². The van der Waals surface area contributed by atoms with Gasteiger partial charge in [0.1, 0.15) is 5.01 Å². The summed E-state index contributed by atoms with van der Waals surface area (Å²) in [4.78, 5) is 9.01. The second-order valence-corrected chi connectivity index (χ2v) is 4.92. The number of rotatable bonds is 4. The van der Waals surface area contributed by atoms with E-state index in [-0.39, 0.29) is 0 Å². The zero-order chi connectivity index (χ0) is 12.3. The number of nitrogens with zero attached hydrogens (tertiary/aromatic N) is 2. The fourth-order valence-corrected chi connectivity index (χ4v) is 2.54. The smallest absolute Gasteiger partial charge is 0.123 e. The van der Waals surface area contributed by atoms with Crippen LogP contribution in [0.2, 0.25) is 0 Å². The van der Waals surface area contributed by atoms with Crippen molar-refractivity contribution in [2.75, 3.05) is 6.54 Å². The van der Waals surface area contributed by atoms with Crippen molar-refractivity contribution < 1.29 is 0 Å². The number of hydrogen-bond donors (Lipinski definition) is 1. The maximum absolute atomic E-state index is 4.63. The minimum Gasteiger partial charge on any atom is -0.311 e. The third kappa shape index (κ3) is 3.11. The molecule has 4 heteroatoms. The van der Waals surface area contributed by atoms with E-state index in [0.717, 1.165) is 35.2 Å². The molecule has 0 amide bonds. The molecule has 1 N–H and O–H groups in total. The standard InChI is InChI=1S/C13H17N3S/c1-4-14-7-12-8-17-13(16-12)11-5-9(2)15-10(3)6-11/h5-6,8,14H,4,7H2,1-3H3. The van der Waals surface area contributed by atoms with E-state index in [1.54, 1.807) is 11.3 Å². The molecule has 17 heavy (non-hydrogen) atoms. The quantitative estimate of drug-likeness (QED) is 0.902. The molecule has 0 spiro atoms. The Labute approximate surface area is 106 Å². The van der Waals surface area contributed by atoms with Crippen LogP contribution < -0.4 is 5.32 Å². The lowest BCUT2D eigenvalue weighted by molar-refractivity contribution is 0.715. The summed E-state index contributed by atoms with van der Waals surface area (Å²) in [7, 11) is 0. The van der Waals surface area contributed by atoms with Crippen molar-refractivity contribution in [3.63, 3.8) is 0 Å². The first kappa shape index (κ1) is 12.2. The minimum absolute atomic E-state index is 0.843. The monoisotopic (exact) mass is 247 g/mol. The Balaban J connectivity index is 2.24. The van der Waals surface area contributed by atoms with Gasteiger partial charge in [0.15, 0.2) is 0 Å². The van der Waals surface area contributed by atoms with E-state index in [0.29, 0.717) is 0 Å². The molecule has 0 bridgehead atoms. The fourth-order valence-electron chi connectivity index (χ4n) is 1.73. The van der Waals surface area contributed by atoms with Gasteiger partial charge in [-0.2, -0.15) is 0 Å². The van der Waals surface area contributed by atoms with Gasteiger partial charge in [-0.1, -0.05) is 6.92 Å². The Bertz CT molecular complexity index is 485. The summed E-state index contributed by atoms with van der Waals surface area (Å²) in [6.07, 6.45) is 0. The van der Waals surface area contributed by atoms with Gasteiger partial charge in [-0.25, -0.2) is 4.98 Å². The zero-order valence-electron chi connectivity index (χ0n) is 10.4. The van der Waals surface area contributed by atoms with E-state index in [1.807, 2.05) is 13.8 Å². The van der Waals surface area contributed by atoms with E-state index in [9.17, 15) is 0 Å². The summed E-state index contributed by atoms with van der Waals surface area (Å²) in [5.74, 6) is 0. The van der Waals surface area contributed by atoms with Crippen LogP contribution in [0.5, 0.6) is 0 Å². The lowest BCUT2D eigenvalue weighted by Gasteiger charge is -2.01. The molecule has 0 unspecified atom stereocenters. The first-order valence-electron chi connectivity index (χ1n) is 5.80. The second kappa shape index (κ2) is 5.38. The lowest BCUT2D eigenvalue weighted by atomic mass is 10.2. The highest BCUT2D eigenvalue weighted by molar-refractivity contribution is 7.13. The summed E-state index contributed by atoms with van der Waals surface area (Å²) in [5, 5.41) is 6.47. The molecule has 3 nitrogen and oxygen atoms in total. The molecule has 2 rings (SSSR count). The third-order valence-corrected chi connectivity index (χ3v) is 3.38. The van der Waals surface area contributed by atoms with Gasteiger partial charge < -0.3 is 5.32 Å². The van der Waals surface area contributed by atoms with Gasteiger partial charge in [-0.3, -0.25) is 4.98 Å². The van der Waals surface area contributed by atoms with Crippen molar-refractivity contribution in [1.82, 2.24) is 15.3 Å². The lowest BCUT2D eigenvalue weighted by Crippen LogP contribution is -2.11. The molecular formula is C13H17N3S. The molecule has 0 aliphatic rings. The van der Waals surface area contributed by atoms with Crippen LogP contribution in [0, 0.1) is 13.8 Å². The Morgan fingerprint density at radius 3 is 2.53 bits per heavy atom. The number of thiazole rings is 1. The van der Waals surface area contributed by atoms with Crippen LogP contribution in [0.4, 0.5) is 0 Å². The van der Waals surface area contributed by atoms with Gasteiger partial charge in [-0.05, 0) is 32.5 Å². The average molecular weight is 247 g/mol. The molecule has 0 saturated heterocycles. The molecule has 0 aliphatic carbocycles. The molecule has 2 heterocycles. The first-order valence-corrected chi connectivity index (χ1v) is 6.68. The Kier molecular flexibility index (Phi) is 3.86. The number of aromatic nitrogens is 2. The highest BCUT2D eigenvalue weighted by Gasteiger charge is 2.06. The molecule has 0 radical (unpaired) electrons. The molecule has 2 aromatic heterocycles. The Morgan fingerprint density at radius 1 is 1.18 bits per heavy atom. The van der Waals surface area contributed by atoms with Gasteiger partial charge in [0.25, 0.3) is 0 Å². The van der Waals surface area contributed by atoms with E-state index >= 15 is 0 Å². The second-order valence-electron chi connectivity index (χ2n) is 4.06. The number of pyridine rings is 1.